The van der Waals surface area contributed by atoms with Gasteiger partial charge >= 0.3 is 6.16 Å². The van der Waals surface area contributed by atoms with Crippen molar-refractivity contribution < 1.29 is 19.1 Å². The molecule has 0 aliphatic heterocycles. The number of carbonyl (C=O) groups is 2. The van der Waals surface area contributed by atoms with E-state index in [4.69, 9.17) is 14.5 Å². The molecule has 3 aromatic carbocycles. The third-order valence-corrected chi connectivity index (χ3v) is 7.65. The number of anilines is 1. The molecule has 1 fully saturated rings. The molecule has 0 saturated heterocycles. The van der Waals surface area contributed by atoms with Crippen LogP contribution in [0.1, 0.15) is 77.6 Å². The molecule has 0 atom stereocenters. The van der Waals surface area contributed by atoms with Gasteiger partial charge in [0.25, 0.3) is 0 Å². The van der Waals surface area contributed by atoms with Crippen LogP contribution in [0, 0.1) is 5.92 Å². The van der Waals surface area contributed by atoms with Crippen molar-refractivity contribution in [2.24, 2.45) is 5.92 Å². The Labute approximate surface area is 248 Å². The van der Waals surface area contributed by atoms with E-state index in [1.165, 1.54) is 0 Å². The maximum Gasteiger partial charge on any atom is 0.514 e. The van der Waals surface area contributed by atoms with E-state index in [-0.39, 0.29) is 11.8 Å². The van der Waals surface area contributed by atoms with Crippen LogP contribution in [0.5, 0.6) is 5.75 Å². The average Bonchev–Trinajstić information content (AvgIpc) is 3.61. The second-order valence-electron chi connectivity index (χ2n) is 12.2. The van der Waals surface area contributed by atoms with E-state index >= 15 is 0 Å². The molecule has 0 radical (unpaired) electrons. The minimum atomic E-state index is -0.725. The molecule has 42 heavy (non-hydrogen) atoms. The molecular formula is C35H41N3O4. The first-order chi connectivity index (χ1) is 20.2. The monoisotopic (exact) mass is 567 g/mol. The van der Waals surface area contributed by atoms with Crippen molar-refractivity contribution in [1.29, 1.82) is 0 Å². The molecule has 1 heterocycles. The molecule has 220 valence electrons. The second kappa shape index (κ2) is 12.8. The number of hydrogen-bond donors (Lipinski definition) is 1. The Hall–Kier alpha value is -4.13. The highest BCUT2D eigenvalue weighted by atomic mass is 16.7. The molecule has 7 heteroatoms. The van der Waals surface area contributed by atoms with Gasteiger partial charge in [-0.15, -0.1) is 0 Å². The van der Waals surface area contributed by atoms with Crippen LogP contribution in [0.25, 0.3) is 22.2 Å². The molecule has 0 unspecified atom stereocenters. The maximum absolute atomic E-state index is 12.8. The average molecular weight is 568 g/mol. The Morgan fingerprint density at radius 3 is 2.45 bits per heavy atom. The van der Waals surface area contributed by atoms with Gasteiger partial charge in [0.15, 0.2) is 0 Å². The number of nitrogens with zero attached hydrogens (tertiary/aromatic N) is 2. The van der Waals surface area contributed by atoms with E-state index in [9.17, 15) is 9.59 Å². The molecule has 1 saturated carbocycles. The van der Waals surface area contributed by atoms with Gasteiger partial charge in [-0.25, -0.2) is 9.78 Å². The van der Waals surface area contributed by atoms with Crippen molar-refractivity contribution in [1.82, 2.24) is 9.55 Å². The smallest absolute Gasteiger partial charge is 0.428 e. The molecule has 1 aliphatic rings. The summed E-state index contributed by atoms with van der Waals surface area (Å²) in [7, 11) is 0. The molecule has 1 amide bonds. The van der Waals surface area contributed by atoms with Crippen LogP contribution in [-0.4, -0.2) is 27.2 Å². The Morgan fingerprint density at radius 2 is 1.74 bits per heavy atom. The quantitative estimate of drug-likeness (QED) is 0.162. The van der Waals surface area contributed by atoms with Gasteiger partial charge in [-0.05, 0) is 75.4 Å². The molecule has 0 spiro atoms. The van der Waals surface area contributed by atoms with E-state index in [1.54, 1.807) is 6.07 Å². The van der Waals surface area contributed by atoms with Gasteiger partial charge in [-0.2, -0.15) is 0 Å². The fraction of sp³-hybridized carbons (Fsp3) is 0.400. The number of imidazole rings is 1. The minimum absolute atomic E-state index is 0.115. The lowest BCUT2D eigenvalue weighted by atomic mass is 10.0. The van der Waals surface area contributed by atoms with E-state index in [1.807, 2.05) is 63.2 Å². The molecule has 4 aromatic rings. The summed E-state index contributed by atoms with van der Waals surface area (Å²) >= 11 is 0. The number of rotatable bonds is 9. The topological polar surface area (TPSA) is 82.5 Å². The fourth-order valence-electron chi connectivity index (χ4n) is 5.51. The molecular weight excluding hydrogens is 526 g/mol. The number of aromatic nitrogens is 2. The zero-order chi connectivity index (χ0) is 29.7. The summed E-state index contributed by atoms with van der Waals surface area (Å²) in [6, 6.07) is 21.8. The van der Waals surface area contributed by atoms with Gasteiger partial charge in [0.2, 0.25) is 5.91 Å². The summed E-state index contributed by atoms with van der Waals surface area (Å²) in [6.07, 6.45) is 6.52. The second-order valence-corrected chi connectivity index (χ2v) is 12.2. The molecule has 5 rings (SSSR count). The van der Waals surface area contributed by atoms with Crippen LogP contribution >= 0.6 is 0 Å². The molecule has 7 nitrogen and oxygen atoms in total. The van der Waals surface area contributed by atoms with E-state index in [2.05, 4.69) is 35.0 Å². The maximum atomic E-state index is 12.8. The predicted octanol–water partition coefficient (Wildman–Crippen LogP) is 8.54. The lowest BCUT2D eigenvalue weighted by Crippen LogP contribution is -2.26. The minimum Gasteiger partial charge on any atom is -0.428 e. The summed E-state index contributed by atoms with van der Waals surface area (Å²) in [5.74, 6) is 1.74. The number of unbranched alkanes of at least 4 members (excludes halogenated alkanes) is 1. The molecule has 1 aliphatic carbocycles. The predicted molar refractivity (Wildman–Crippen MR) is 167 cm³/mol. The lowest BCUT2D eigenvalue weighted by Gasteiger charge is -2.19. The van der Waals surface area contributed by atoms with Crippen LogP contribution in [-0.2, 0) is 22.5 Å². The van der Waals surface area contributed by atoms with Crippen LogP contribution in [0.3, 0.4) is 0 Å². The first-order valence-electron chi connectivity index (χ1n) is 15.1. The van der Waals surface area contributed by atoms with Crippen LogP contribution in [0.15, 0.2) is 66.7 Å². The number of benzene rings is 3. The Bertz CT molecular complexity index is 1540. The zero-order valence-electron chi connectivity index (χ0n) is 25.1. The largest absolute Gasteiger partial charge is 0.514 e. The van der Waals surface area contributed by atoms with Crippen molar-refractivity contribution in [3.05, 3.63) is 78.1 Å². The summed E-state index contributed by atoms with van der Waals surface area (Å²) in [6.45, 7) is 8.27. The number of para-hydroxylation sites is 1. The number of hydrogen-bond acceptors (Lipinski definition) is 5. The van der Waals surface area contributed by atoms with Crippen LogP contribution in [0.4, 0.5) is 10.5 Å². The van der Waals surface area contributed by atoms with Crippen LogP contribution in [0.2, 0.25) is 0 Å². The third-order valence-electron chi connectivity index (χ3n) is 7.65. The first-order valence-corrected chi connectivity index (χ1v) is 15.1. The van der Waals surface area contributed by atoms with E-state index < -0.39 is 11.8 Å². The number of carbonyl (C=O) groups excluding carboxylic acids is 2. The van der Waals surface area contributed by atoms with Crippen LogP contribution < -0.4 is 10.1 Å². The lowest BCUT2D eigenvalue weighted by molar-refractivity contribution is -0.119. The SMILES string of the molecule is CCCCc1nc2ccc(NC(=O)C3CCCC3)cc2n1Cc1ccc(-c2ccccc2OC(=O)OC(C)(C)C)cc1. The number of nitrogens with one attached hydrogen (secondary N) is 1. The van der Waals surface area contributed by atoms with Crippen molar-refractivity contribution >= 4 is 28.8 Å². The van der Waals surface area contributed by atoms with Crippen molar-refractivity contribution in [3.63, 3.8) is 0 Å². The van der Waals surface area contributed by atoms with E-state index in [0.29, 0.717) is 12.3 Å². The zero-order valence-corrected chi connectivity index (χ0v) is 25.1. The van der Waals surface area contributed by atoms with Gasteiger partial charge < -0.3 is 19.4 Å². The van der Waals surface area contributed by atoms with E-state index in [0.717, 1.165) is 84.2 Å². The number of ether oxygens (including phenoxy) is 2. The summed E-state index contributed by atoms with van der Waals surface area (Å²) in [5, 5.41) is 3.15. The number of aryl methyl sites for hydroxylation is 1. The Morgan fingerprint density at radius 1 is 1.00 bits per heavy atom. The molecule has 1 N–H and O–H groups in total. The highest BCUT2D eigenvalue weighted by molar-refractivity contribution is 5.94. The van der Waals surface area contributed by atoms with Gasteiger partial charge in [-0.1, -0.05) is 68.7 Å². The first kappa shape index (κ1) is 29.4. The standard InChI is InChI=1S/C35H41N3O4/c1-5-6-15-32-37-29-21-20-27(36-33(39)26-11-7-8-12-26)22-30(29)38(32)23-24-16-18-25(19-17-24)28-13-9-10-14-31(28)41-34(40)42-35(2,3)4/h9-10,13-14,16-22,26H,5-8,11-12,15,23H2,1-4H3,(H,36,39). The fourth-order valence-corrected chi connectivity index (χ4v) is 5.51. The number of amides is 1. The van der Waals surface area contributed by atoms with Gasteiger partial charge in [0, 0.05) is 30.1 Å². The van der Waals surface area contributed by atoms with Gasteiger partial charge in [-0.3, -0.25) is 4.79 Å². The molecule has 0 bridgehead atoms. The van der Waals surface area contributed by atoms with Crippen molar-refractivity contribution in [2.75, 3.05) is 5.32 Å². The summed E-state index contributed by atoms with van der Waals surface area (Å²) in [5.41, 5.74) is 5.02. The third kappa shape index (κ3) is 7.19. The van der Waals surface area contributed by atoms with Gasteiger partial charge in [0.1, 0.15) is 17.2 Å². The Kier molecular flexibility index (Phi) is 8.95. The van der Waals surface area contributed by atoms with Gasteiger partial charge in [0.05, 0.1) is 11.0 Å². The van der Waals surface area contributed by atoms with Crippen molar-refractivity contribution in [2.45, 2.75) is 84.8 Å². The van der Waals surface area contributed by atoms with Crippen molar-refractivity contribution in [3.8, 4) is 16.9 Å². The highest BCUT2D eigenvalue weighted by Crippen LogP contribution is 2.32. The summed E-state index contributed by atoms with van der Waals surface area (Å²) < 4.78 is 13.2. The highest BCUT2D eigenvalue weighted by Gasteiger charge is 2.23. The number of fused-ring (bicyclic) bond motifs is 1. The molecule has 1 aromatic heterocycles. The summed E-state index contributed by atoms with van der Waals surface area (Å²) in [4.78, 5) is 30.1. The Balaban J connectivity index is 1.39. The normalized spacial score (nSPS) is 13.8.